The quantitative estimate of drug-likeness (QED) is 0.156. The number of rotatable bonds is 8. The predicted octanol–water partition coefficient (Wildman–Crippen LogP) is 5.72. The molecular formula is C34H28ClF4N9O2. The second kappa shape index (κ2) is 12.2. The van der Waals surface area contributed by atoms with Crippen LogP contribution in [0.4, 0.5) is 29.1 Å². The van der Waals surface area contributed by atoms with Crippen LogP contribution in [0.15, 0.2) is 61.2 Å². The van der Waals surface area contributed by atoms with Gasteiger partial charge in [0.25, 0.3) is 11.9 Å². The van der Waals surface area contributed by atoms with E-state index in [1.54, 1.807) is 34.2 Å². The molecule has 0 spiro atoms. The average Bonchev–Trinajstić information content (AvgIpc) is 3.88. The molecule has 6 heterocycles. The van der Waals surface area contributed by atoms with Crippen molar-refractivity contribution in [3.05, 3.63) is 78.0 Å². The first-order valence-electron chi connectivity index (χ1n) is 15.9. The lowest BCUT2D eigenvalue weighted by Crippen LogP contribution is -2.23. The van der Waals surface area contributed by atoms with Crippen LogP contribution in [-0.2, 0) is 6.42 Å². The zero-order valence-electron chi connectivity index (χ0n) is 26.2. The van der Waals surface area contributed by atoms with Crippen LogP contribution in [0, 0.1) is 0 Å². The summed E-state index contributed by atoms with van der Waals surface area (Å²) in [5.41, 5.74) is 7.66. The van der Waals surface area contributed by atoms with E-state index in [9.17, 15) is 22.4 Å². The Morgan fingerprint density at radius 1 is 0.900 bits per heavy atom. The summed E-state index contributed by atoms with van der Waals surface area (Å²) in [6.07, 6.45) is 6.22. The number of hydrogen-bond donors (Lipinski definition) is 1. The van der Waals surface area contributed by atoms with Gasteiger partial charge in [0.05, 0.1) is 47.3 Å². The number of primary amides is 1. The summed E-state index contributed by atoms with van der Waals surface area (Å²) in [6, 6.07) is 8.96. The third-order valence-corrected chi connectivity index (χ3v) is 9.15. The van der Waals surface area contributed by atoms with E-state index in [4.69, 9.17) is 32.4 Å². The molecular weight excluding hydrogens is 678 g/mol. The monoisotopic (exact) mass is 705 g/mol. The molecule has 3 aliphatic rings. The number of hydrogen-bond acceptors (Lipinski definition) is 9. The number of nitrogens with two attached hydrogens (primary N) is 1. The summed E-state index contributed by atoms with van der Waals surface area (Å²) in [5, 5.41) is 4.78. The molecule has 0 saturated carbocycles. The zero-order chi connectivity index (χ0) is 34.7. The number of alkyl halides is 5. The van der Waals surface area contributed by atoms with Crippen molar-refractivity contribution < 1.29 is 27.1 Å². The van der Waals surface area contributed by atoms with Crippen molar-refractivity contribution in [1.29, 1.82) is 0 Å². The lowest BCUT2D eigenvalue weighted by molar-refractivity contribution is -0.0964. The summed E-state index contributed by atoms with van der Waals surface area (Å²) in [6.45, 7) is 1.40. The van der Waals surface area contributed by atoms with Crippen molar-refractivity contribution in [1.82, 2.24) is 29.7 Å². The molecule has 4 aromatic heterocycles. The molecule has 0 bridgehead atoms. The third-order valence-electron chi connectivity index (χ3n) is 9.07. The highest BCUT2D eigenvalue weighted by atomic mass is 35.5. The molecule has 2 saturated heterocycles. The van der Waals surface area contributed by atoms with Crippen LogP contribution in [0.5, 0.6) is 5.75 Å². The van der Waals surface area contributed by atoms with Crippen molar-refractivity contribution in [3.8, 4) is 45.3 Å². The lowest BCUT2D eigenvalue weighted by atomic mass is 9.98. The Hall–Kier alpha value is -5.31. The summed E-state index contributed by atoms with van der Waals surface area (Å²) in [5.74, 6) is -0.190. The van der Waals surface area contributed by atoms with E-state index < -0.39 is 23.8 Å². The first-order valence-corrected chi connectivity index (χ1v) is 16.3. The fraction of sp³-hybridized carbons (Fsp3) is 0.294. The molecule has 1 aromatic carbocycles. The highest BCUT2D eigenvalue weighted by Crippen LogP contribution is 2.41. The maximum atomic E-state index is 14.5. The van der Waals surface area contributed by atoms with Gasteiger partial charge in [0.15, 0.2) is 0 Å². The van der Waals surface area contributed by atoms with Crippen LogP contribution in [0.25, 0.3) is 39.6 Å². The molecule has 2 atom stereocenters. The minimum absolute atomic E-state index is 0.0677. The van der Waals surface area contributed by atoms with Crippen LogP contribution in [-0.4, -0.2) is 79.7 Å². The SMILES string of the molecule is NC(=O)c1cc(-c2cnc3c(c2)-c2nn(-c4ncc(N5CC[C@H](F)C5)cn4)cc2C3)c(N2CC[C@@H](F)C2)nc1-c1ccc(OC(F)(F)Cl)cc1. The second-order valence-corrected chi connectivity index (χ2v) is 12.9. The zero-order valence-corrected chi connectivity index (χ0v) is 27.0. The number of anilines is 2. The van der Waals surface area contributed by atoms with E-state index in [0.717, 1.165) is 22.5 Å². The highest BCUT2D eigenvalue weighted by molar-refractivity contribution is 6.20. The minimum Gasteiger partial charge on any atom is -0.420 e. The molecule has 0 radical (unpaired) electrons. The molecule has 256 valence electrons. The summed E-state index contributed by atoms with van der Waals surface area (Å²) >= 11 is 4.90. The van der Waals surface area contributed by atoms with Crippen molar-refractivity contribution in [2.24, 2.45) is 5.73 Å². The smallest absolute Gasteiger partial charge is 0.420 e. The fourth-order valence-electron chi connectivity index (χ4n) is 6.67. The number of nitrogens with zero attached hydrogens (tertiary/aromatic N) is 8. The van der Waals surface area contributed by atoms with E-state index in [1.165, 1.54) is 24.3 Å². The molecule has 11 nitrogen and oxygen atoms in total. The topological polar surface area (TPSA) is 128 Å². The number of carbonyl (C=O) groups is 1. The number of ether oxygens (including phenoxy) is 1. The van der Waals surface area contributed by atoms with Gasteiger partial charge >= 0.3 is 5.57 Å². The maximum absolute atomic E-state index is 14.5. The third kappa shape index (κ3) is 6.06. The van der Waals surface area contributed by atoms with E-state index in [-0.39, 0.29) is 23.6 Å². The second-order valence-electron chi connectivity index (χ2n) is 12.4. The van der Waals surface area contributed by atoms with Crippen molar-refractivity contribution >= 4 is 29.0 Å². The van der Waals surface area contributed by atoms with Crippen LogP contribution in [0.1, 0.15) is 34.5 Å². The largest absolute Gasteiger partial charge is 0.487 e. The molecule has 50 heavy (non-hydrogen) atoms. The van der Waals surface area contributed by atoms with E-state index in [0.29, 0.717) is 73.0 Å². The molecule has 1 amide bonds. The van der Waals surface area contributed by atoms with Gasteiger partial charge in [0, 0.05) is 77.9 Å². The Morgan fingerprint density at radius 2 is 1.60 bits per heavy atom. The Morgan fingerprint density at radius 3 is 2.24 bits per heavy atom. The summed E-state index contributed by atoms with van der Waals surface area (Å²) in [4.78, 5) is 35.0. The van der Waals surface area contributed by atoms with Crippen molar-refractivity contribution in [2.45, 2.75) is 37.2 Å². The van der Waals surface area contributed by atoms with Crippen molar-refractivity contribution in [2.75, 3.05) is 36.0 Å². The molecule has 1 aliphatic carbocycles. The van der Waals surface area contributed by atoms with Gasteiger partial charge < -0.3 is 20.3 Å². The molecule has 2 N–H and O–H groups in total. The molecule has 16 heteroatoms. The highest BCUT2D eigenvalue weighted by Gasteiger charge is 2.31. The van der Waals surface area contributed by atoms with Gasteiger partial charge in [-0.15, -0.1) is 8.78 Å². The number of carbonyl (C=O) groups excluding carboxylic acids is 1. The van der Waals surface area contributed by atoms with E-state index in [2.05, 4.69) is 14.7 Å². The Bertz CT molecular complexity index is 2110. The molecule has 2 fully saturated rings. The van der Waals surface area contributed by atoms with Gasteiger partial charge in [-0.05, 0) is 49.2 Å². The van der Waals surface area contributed by atoms with Crippen LogP contribution < -0.4 is 20.3 Å². The number of aromatic nitrogens is 6. The van der Waals surface area contributed by atoms with Gasteiger partial charge in [-0.2, -0.15) is 5.10 Å². The number of amides is 1. The van der Waals surface area contributed by atoms with E-state index in [1.807, 2.05) is 17.2 Å². The molecule has 0 unspecified atom stereocenters. The number of benzene rings is 1. The summed E-state index contributed by atoms with van der Waals surface area (Å²) < 4.78 is 60.6. The van der Waals surface area contributed by atoms with Gasteiger partial charge in [0.2, 0.25) is 0 Å². The van der Waals surface area contributed by atoms with E-state index >= 15 is 0 Å². The maximum Gasteiger partial charge on any atom is 0.487 e. The first-order chi connectivity index (χ1) is 24.0. The van der Waals surface area contributed by atoms with Crippen LogP contribution >= 0.6 is 11.6 Å². The average molecular weight is 706 g/mol. The molecule has 2 aliphatic heterocycles. The normalized spacial score (nSPS) is 18.4. The number of pyridine rings is 2. The van der Waals surface area contributed by atoms with Gasteiger partial charge in [-0.3, -0.25) is 9.78 Å². The van der Waals surface area contributed by atoms with Crippen LogP contribution in [0.2, 0.25) is 0 Å². The standard InChI is InChI=1S/C34H28ClF4N9O2/c35-34(38,39)50-24-3-1-18(2-4-24)29-27(31(40)49)11-25(32(44-29)47-8-6-22(37)17-47)19-9-26-28(41-12-19)10-20-15-48(45-30(20)26)33-42-13-23(14-43-33)46-7-5-21(36)16-46/h1-4,9,11-15,21-22H,5-8,10,16-17H2,(H2,40,49)/t21-,22+/m0/s1. The predicted molar refractivity (Wildman–Crippen MR) is 177 cm³/mol. The van der Waals surface area contributed by atoms with Gasteiger partial charge in [-0.1, -0.05) is 0 Å². The molecule has 5 aromatic rings. The molecule has 8 rings (SSSR count). The lowest BCUT2D eigenvalue weighted by Gasteiger charge is -2.23. The Labute approximate surface area is 287 Å². The van der Waals surface area contributed by atoms with Crippen LogP contribution in [0.3, 0.4) is 0 Å². The van der Waals surface area contributed by atoms with Gasteiger partial charge in [-0.25, -0.2) is 28.4 Å². The Balaban J connectivity index is 1.16. The van der Waals surface area contributed by atoms with Crippen molar-refractivity contribution in [3.63, 3.8) is 0 Å². The number of fused-ring (bicyclic) bond motifs is 3. The minimum atomic E-state index is -3.90. The summed E-state index contributed by atoms with van der Waals surface area (Å²) in [7, 11) is 0. The van der Waals surface area contributed by atoms with Gasteiger partial charge in [0.1, 0.15) is 23.9 Å². The first kappa shape index (κ1) is 31.9. The fourth-order valence-corrected chi connectivity index (χ4v) is 6.76. The Kier molecular flexibility index (Phi) is 7.81. The number of halogens is 5.